The molecule has 1 aromatic heterocycles. The number of amides is 1. The van der Waals surface area contributed by atoms with Gasteiger partial charge in [-0.1, -0.05) is 30.3 Å². The smallest absolute Gasteiger partial charge is 0.250 e. The van der Waals surface area contributed by atoms with Crippen molar-refractivity contribution in [3.05, 3.63) is 52.5 Å². The third kappa shape index (κ3) is 5.12. The molecule has 1 atom stereocenters. The van der Waals surface area contributed by atoms with Gasteiger partial charge in [0.05, 0.1) is 11.6 Å². The van der Waals surface area contributed by atoms with Crippen LogP contribution in [0.2, 0.25) is 0 Å². The summed E-state index contributed by atoms with van der Waals surface area (Å²) in [6.45, 7) is 3.63. The molecule has 1 fully saturated rings. The summed E-state index contributed by atoms with van der Waals surface area (Å²) in [7, 11) is 0. The van der Waals surface area contributed by atoms with E-state index in [2.05, 4.69) is 27.3 Å². The van der Waals surface area contributed by atoms with Crippen LogP contribution in [0.5, 0.6) is 0 Å². The number of benzene rings is 1. The molecule has 1 N–H and O–H groups in total. The lowest BCUT2D eigenvalue weighted by molar-refractivity contribution is -0.138. The first-order valence-corrected chi connectivity index (χ1v) is 9.23. The lowest BCUT2D eigenvalue weighted by Crippen LogP contribution is -2.49. The Labute approximate surface area is 146 Å². The van der Waals surface area contributed by atoms with Crippen molar-refractivity contribution in [1.82, 2.24) is 15.2 Å². The van der Waals surface area contributed by atoms with Crippen LogP contribution in [-0.4, -0.2) is 48.1 Å². The number of thiazole rings is 1. The maximum Gasteiger partial charge on any atom is 0.250 e. The predicted molar refractivity (Wildman–Crippen MR) is 94.9 cm³/mol. The van der Waals surface area contributed by atoms with Crippen LogP contribution in [0, 0.1) is 0 Å². The topological polar surface area (TPSA) is 54.5 Å². The summed E-state index contributed by atoms with van der Waals surface area (Å²) < 4.78 is 5.65. The highest BCUT2D eigenvalue weighted by Crippen LogP contribution is 2.11. The summed E-state index contributed by atoms with van der Waals surface area (Å²) in [5, 5.41) is 6.08. The Kier molecular flexibility index (Phi) is 6.34. The molecular formula is C18H23N3O2S. The molecule has 1 aromatic carbocycles. The van der Waals surface area contributed by atoms with E-state index < -0.39 is 0 Å². The van der Waals surface area contributed by atoms with Crippen molar-refractivity contribution in [1.29, 1.82) is 0 Å². The summed E-state index contributed by atoms with van der Waals surface area (Å²) >= 11 is 1.66. The predicted octanol–water partition coefficient (Wildman–Crippen LogP) is 2.09. The minimum Gasteiger partial charge on any atom is -0.366 e. The quantitative estimate of drug-likeness (QED) is 0.781. The Balaban J connectivity index is 1.39. The van der Waals surface area contributed by atoms with Crippen molar-refractivity contribution in [2.24, 2.45) is 0 Å². The molecule has 0 bridgehead atoms. The van der Waals surface area contributed by atoms with Crippen LogP contribution in [0.15, 0.2) is 41.9 Å². The number of hydrogen-bond donors (Lipinski definition) is 1. The zero-order valence-electron chi connectivity index (χ0n) is 13.7. The van der Waals surface area contributed by atoms with Crippen molar-refractivity contribution in [3.8, 4) is 0 Å². The molecule has 0 aliphatic carbocycles. The molecule has 1 amide bonds. The Morgan fingerprint density at radius 2 is 2.25 bits per heavy atom. The average Bonchev–Trinajstić information content (AvgIpc) is 3.13. The fourth-order valence-electron chi connectivity index (χ4n) is 2.79. The van der Waals surface area contributed by atoms with Crippen molar-refractivity contribution in [2.75, 3.05) is 26.2 Å². The van der Waals surface area contributed by atoms with Crippen LogP contribution in [-0.2, 0) is 22.5 Å². The summed E-state index contributed by atoms with van der Waals surface area (Å²) in [4.78, 5) is 18.8. The molecule has 3 rings (SSSR count). The number of nitrogens with zero attached hydrogens (tertiary/aromatic N) is 2. The molecule has 2 heterocycles. The van der Waals surface area contributed by atoms with Gasteiger partial charge in [-0.3, -0.25) is 9.69 Å². The molecule has 24 heavy (non-hydrogen) atoms. The minimum absolute atomic E-state index is 0.00750. The summed E-state index contributed by atoms with van der Waals surface area (Å²) in [5.41, 5.74) is 1.27. The summed E-state index contributed by atoms with van der Waals surface area (Å²) in [6.07, 6.45) is 3.25. The van der Waals surface area contributed by atoms with E-state index in [1.165, 1.54) is 5.56 Å². The monoisotopic (exact) mass is 345 g/mol. The van der Waals surface area contributed by atoms with E-state index in [-0.39, 0.29) is 12.0 Å². The first-order chi connectivity index (χ1) is 11.8. The second kappa shape index (κ2) is 8.92. The second-order valence-corrected chi connectivity index (χ2v) is 6.88. The van der Waals surface area contributed by atoms with Crippen LogP contribution in [0.1, 0.15) is 17.0 Å². The number of nitrogens with one attached hydrogen (secondary N) is 1. The van der Waals surface area contributed by atoms with Crippen LogP contribution in [0.4, 0.5) is 0 Å². The zero-order chi connectivity index (χ0) is 16.6. The minimum atomic E-state index is -0.373. The van der Waals surface area contributed by atoms with Gasteiger partial charge in [0.25, 0.3) is 0 Å². The Morgan fingerprint density at radius 3 is 3.04 bits per heavy atom. The zero-order valence-corrected chi connectivity index (χ0v) is 14.5. The standard InChI is InChI=1S/C18H23N3O2S/c22-18(20-8-4-7-17-19-9-12-24-17)16-14-21(10-11-23-16)13-15-5-2-1-3-6-15/h1-3,5-6,9,12,16H,4,7-8,10-11,13-14H2,(H,20,22)/t16-/m1/s1. The van der Waals surface area contributed by atoms with E-state index in [0.717, 1.165) is 30.9 Å². The molecule has 5 nitrogen and oxygen atoms in total. The number of rotatable bonds is 7. The Bertz CT molecular complexity index is 618. The maximum atomic E-state index is 12.3. The first kappa shape index (κ1) is 17.1. The number of aromatic nitrogens is 1. The van der Waals surface area contributed by atoms with E-state index in [1.54, 1.807) is 11.3 Å². The van der Waals surface area contributed by atoms with Crippen molar-refractivity contribution in [2.45, 2.75) is 25.5 Å². The molecule has 128 valence electrons. The number of aryl methyl sites for hydroxylation is 1. The molecular weight excluding hydrogens is 322 g/mol. The third-order valence-corrected chi connectivity index (χ3v) is 4.88. The fraction of sp³-hybridized carbons (Fsp3) is 0.444. The maximum absolute atomic E-state index is 12.3. The van der Waals surface area contributed by atoms with Crippen molar-refractivity contribution in [3.63, 3.8) is 0 Å². The van der Waals surface area contributed by atoms with Gasteiger partial charge in [0.2, 0.25) is 5.91 Å². The van der Waals surface area contributed by atoms with Crippen LogP contribution < -0.4 is 5.32 Å². The van der Waals surface area contributed by atoms with Gasteiger partial charge in [0.1, 0.15) is 6.10 Å². The van der Waals surface area contributed by atoms with Gasteiger partial charge in [-0.25, -0.2) is 4.98 Å². The molecule has 0 unspecified atom stereocenters. The summed E-state index contributed by atoms with van der Waals surface area (Å²) in [6, 6.07) is 10.3. The molecule has 0 saturated carbocycles. The van der Waals surface area contributed by atoms with Crippen LogP contribution >= 0.6 is 11.3 Å². The molecule has 1 saturated heterocycles. The van der Waals surface area contributed by atoms with Crippen LogP contribution in [0.25, 0.3) is 0 Å². The number of morpholine rings is 1. The fourth-order valence-corrected chi connectivity index (χ4v) is 3.45. The molecule has 2 aromatic rings. The van der Waals surface area contributed by atoms with E-state index in [4.69, 9.17) is 4.74 Å². The van der Waals surface area contributed by atoms with Crippen LogP contribution in [0.3, 0.4) is 0 Å². The SMILES string of the molecule is O=C(NCCCc1nccs1)[C@H]1CN(Cc2ccccc2)CCO1. The summed E-state index contributed by atoms with van der Waals surface area (Å²) in [5.74, 6) is -0.00750. The highest BCUT2D eigenvalue weighted by Gasteiger charge is 2.26. The first-order valence-electron chi connectivity index (χ1n) is 8.35. The van der Waals surface area contributed by atoms with Gasteiger partial charge >= 0.3 is 0 Å². The van der Waals surface area contributed by atoms with Gasteiger partial charge in [-0.15, -0.1) is 11.3 Å². The number of hydrogen-bond acceptors (Lipinski definition) is 5. The molecule has 0 spiro atoms. The third-order valence-electron chi connectivity index (χ3n) is 4.04. The van der Waals surface area contributed by atoms with Gasteiger partial charge in [0.15, 0.2) is 0 Å². The average molecular weight is 345 g/mol. The molecule has 1 aliphatic heterocycles. The number of ether oxygens (including phenoxy) is 1. The Hall–Kier alpha value is -1.76. The van der Waals surface area contributed by atoms with E-state index >= 15 is 0 Å². The van der Waals surface area contributed by atoms with Gasteiger partial charge in [-0.2, -0.15) is 0 Å². The normalized spacial score (nSPS) is 18.4. The second-order valence-electron chi connectivity index (χ2n) is 5.90. The molecule has 1 aliphatic rings. The lowest BCUT2D eigenvalue weighted by Gasteiger charge is -2.32. The van der Waals surface area contributed by atoms with E-state index in [9.17, 15) is 4.79 Å². The molecule has 6 heteroatoms. The highest BCUT2D eigenvalue weighted by molar-refractivity contribution is 7.09. The van der Waals surface area contributed by atoms with Crippen molar-refractivity contribution < 1.29 is 9.53 Å². The van der Waals surface area contributed by atoms with Crippen molar-refractivity contribution >= 4 is 17.2 Å². The Morgan fingerprint density at radius 1 is 1.38 bits per heavy atom. The van der Waals surface area contributed by atoms with Gasteiger partial charge in [0, 0.05) is 44.2 Å². The van der Waals surface area contributed by atoms with E-state index in [1.807, 2.05) is 29.8 Å². The molecule has 0 radical (unpaired) electrons. The highest BCUT2D eigenvalue weighted by atomic mass is 32.1. The largest absolute Gasteiger partial charge is 0.366 e. The number of carbonyl (C=O) groups is 1. The van der Waals surface area contributed by atoms with Gasteiger partial charge < -0.3 is 10.1 Å². The van der Waals surface area contributed by atoms with Gasteiger partial charge in [-0.05, 0) is 12.0 Å². The lowest BCUT2D eigenvalue weighted by atomic mass is 10.2. The van der Waals surface area contributed by atoms with E-state index in [0.29, 0.717) is 19.7 Å². The number of carbonyl (C=O) groups excluding carboxylic acids is 1.